The summed E-state index contributed by atoms with van der Waals surface area (Å²) < 4.78 is 11.4. The highest BCUT2D eigenvalue weighted by Gasteiger charge is 2.33. The minimum atomic E-state index is 0.135. The standard InChI is InChI=1S/C18H21NO2/c1-3-19-18-16-7-5-4-6-13(16)12-17(18)21-15-10-8-14(20-2)9-11-15/h4-11,17-19H,3,12H2,1-2H3. The molecule has 0 amide bonds. The lowest BCUT2D eigenvalue weighted by molar-refractivity contribution is 0.168. The lowest BCUT2D eigenvalue weighted by Crippen LogP contribution is -2.32. The van der Waals surface area contributed by atoms with Crippen molar-refractivity contribution >= 4 is 0 Å². The average Bonchev–Trinajstić information content (AvgIpc) is 2.86. The third-order valence-electron chi connectivity index (χ3n) is 3.95. The summed E-state index contributed by atoms with van der Waals surface area (Å²) >= 11 is 0. The number of nitrogens with one attached hydrogen (secondary N) is 1. The van der Waals surface area contributed by atoms with E-state index in [4.69, 9.17) is 9.47 Å². The maximum Gasteiger partial charge on any atom is 0.122 e. The average molecular weight is 283 g/mol. The molecule has 1 aliphatic carbocycles. The van der Waals surface area contributed by atoms with Gasteiger partial charge in [-0.25, -0.2) is 0 Å². The van der Waals surface area contributed by atoms with Gasteiger partial charge in [-0.15, -0.1) is 0 Å². The van der Waals surface area contributed by atoms with Crippen molar-refractivity contribution in [2.75, 3.05) is 13.7 Å². The number of rotatable bonds is 5. The molecule has 2 aromatic rings. The molecule has 0 saturated carbocycles. The van der Waals surface area contributed by atoms with E-state index in [-0.39, 0.29) is 12.1 Å². The predicted molar refractivity (Wildman–Crippen MR) is 84.0 cm³/mol. The molecule has 3 rings (SSSR count). The molecular weight excluding hydrogens is 262 g/mol. The minimum absolute atomic E-state index is 0.135. The van der Waals surface area contributed by atoms with Crippen molar-refractivity contribution in [1.82, 2.24) is 5.32 Å². The first-order valence-corrected chi connectivity index (χ1v) is 7.43. The van der Waals surface area contributed by atoms with Gasteiger partial charge >= 0.3 is 0 Å². The Morgan fingerprint density at radius 1 is 1.05 bits per heavy atom. The van der Waals surface area contributed by atoms with Gasteiger partial charge in [0, 0.05) is 6.42 Å². The number of methoxy groups -OCH3 is 1. The molecule has 2 aromatic carbocycles. The zero-order valence-electron chi connectivity index (χ0n) is 12.5. The van der Waals surface area contributed by atoms with E-state index >= 15 is 0 Å². The van der Waals surface area contributed by atoms with Gasteiger partial charge < -0.3 is 14.8 Å². The van der Waals surface area contributed by atoms with E-state index in [2.05, 4.69) is 36.5 Å². The monoisotopic (exact) mass is 283 g/mol. The van der Waals surface area contributed by atoms with Gasteiger partial charge in [-0.2, -0.15) is 0 Å². The molecule has 2 atom stereocenters. The molecule has 0 bridgehead atoms. The van der Waals surface area contributed by atoms with E-state index in [1.165, 1.54) is 11.1 Å². The predicted octanol–water partition coefficient (Wildman–Crippen LogP) is 3.35. The molecule has 3 nitrogen and oxygen atoms in total. The molecule has 1 aliphatic rings. The fourth-order valence-electron chi connectivity index (χ4n) is 2.96. The quantitative estimate of drug-likeness (QED) is 0.913. The Labute approximate surface area is 125 Å². The first kappa shape index (κ1) is 14.0. The van der Waals surface area contributed by atoms with Gasteiger partial charge in [0.05, 0.1) is 13.2 Å². The van der Waals surface area contributed by atoms with Crippen LogP contribution in [0.3, 0.4) is 0 Å². The van der Waals surface area contributed by atoms with Crippen molar-refractivity contribution in [3.63, 3.8) is 0 Å². The van der Waals surface area contributed by atoms with Crippen LogP contribution in [-0.2, 0) is 6.42 Å². The third-order valence-corrected chi connectivity index (χ3v) is 3.95. The van der Waals surface area contributed by atoms with E-state index in [9.17, 15) is 0 Å². The van der Waals surface area contributed by atoms with Gasteiger partial charge in [0.2, 0.25) is 0 Å². The van der Waals surface area contributed by atoms with Crippen molar-refractivity contribution < 1.29 is 9.47 Å². The van der Waals surface area contributed by atoms with Gasteiger partial charge in [0.15, 0.2) is 0 Å². The Kier molecular flexibility index (Phi) is 4.11. The molecule has 2 unspecified atom stereocenters. The molecule has 110 valence electrons. The Balaban J connectivity index is 1.78. The maximum atomic E-state index is 6.20. The van der Waals surface area contributed by atoms with Crippen molar-refractivity contribution in [1.29, 1.82) is 0 Å². The van der Waals surface area contributed by atoms with Crippen LogP contribution in [-0.4, -0.2) is 19.8 Å². The number of likely N-dealkylation sites (N-methyl/N-ethyl adjacent to an activating group) is 1. The smallest absolute Gasteiger partial charge is 0.122 e. The fourth-order valence-corrected chi connectivity index (χ4v) is 2.96. The number of ether oxygens (including phenoxy) is 2. The van der Waals surface area contributed by atoms with Gasteiger partial charge in [-0.05, 0) is 41.9 Å². The minimum Gasteiger partial charge on any atom is -0.497 e. The number of fused-ring (bicyclic) bond motifs is 1. The van der Waals surface area contributed by atoms with Crippen LogP contribution in [0, 0.1) is 0 Å². The molecule has 0 fully saturated rings. The Morgan fingerprint density at radius 3 is 2.48 bits per heavy atom. The highest BCUT2D eigenvalue weighted by Crippen LogP contribution is 2.34. The van der Waals surface area contributed by atoms with Crippen molar-refractivity contribution in [3.8, 4) is 11.5 Å². The second-order valence-electron chi connectivity index (χ2n) is 5.27. The van der Waals surface area contributed by atoms with Crippen molar-refractivity contribution in [3.05, 3.63) is 59.7 Å². The second kappa shape index (κ2) is 6.19. The highest BCUT2D eigenvalue weighted by atomic mass is 16.5. The molecule has 21 heavy (non-hydrogen) atoms. The van der Waals surface area contributed by atoms with Gasteiger partial charge in [0.1, 0.15) is 17.6 Å². The van der Waals surface area contributed by atoms with Crippen LogP contribution in [0.1, 0.15) is 24.1 Å². The molecule has 0 spiro atoms. The molecule has 0 radical (unpaired) electrons. The topological polar surface area (TPSA) is 30.5 Å². The summed E-state index contributed by atoms with van der Waals surface area (Å²) in [4.78, 5) is 0. The van der Waals surface area contributed by atoms with Crippen LogP contribution in [0.5, 0.6) is 11.5 Å². The Hall–Kier alpha value is -2.00. The highest BCUT2D eigenvalue weighted by molar-refractivity contribution is 5.38. The largest absolute Gasteiger partial charge is 0.497 e. The molecular formula is C18H21NO2. The summed E-state index contributed by atoms with van der Waals surface area (Å²) in [5.41, 5.74) is 2.74. The molecule has 0 heterocycles. The summed E-state index contributed by atoms with van der Waals surface area (Å²) in [6.07, 6.45) is 1.08. The molecule has 0 aliphatic heterocycles. The van der Waals surface area contributed by atoms with E-state index in [1.54, 1.807) is 7.11 Å². The zero-order valence-corrected chi connectivity index (χ0v) is 12.5. The first-order valence-electron chi connectivity index (χ1n) is 7.43. The number of hydrogen-bond acceptors (Lipinski definition) is 3. The van der Waals surface area contributed by atoms with E-state index < -0.39 is 0 Å². The zero-order chi connectivity index (χ0) is 14.7. The Morgan fingerprint density at radius 2 is 1.76 bits per heavy atom. The third kappa shape index (κ3) is 2.88. The maximum absolute atomic E-state index is 6.20. The molecule has 1 N–H and O–H groups in total. The summed E-state index contributed by atoms with van der Waals surface area (Å²) in [6, 6.07) is 16.6. The lowest BCUT2D eigenvalue weighted by atomic mass is 10.1. The molecule has 0 saturated heterocycles. The van der Waals surface area contributed by atoms with Crippen molar-refractivity contribution in [2.24, 2.45) is 0 Å². The van der Waals surface area contributed by atoms with Crippen LogP contribution < -0.4 is 14.8 Å². The number of benzene rings is 2. The van der Waals surface area contributed by atoms with E-state index in [0.29, 0.717) is 0 Å². The Bertz CT molecular complexity index is 594. The van der Waals surface area contributed by atoms with Crippen molar-refractivity contribution in [2.45, 2.75) is 25.5 Å². The van der Waals surface area contributed by atoms with Gasteiger partial charge in [-0.3, -0.25) is 0 Å². The van der Waals surface area contributed by atoms with E-state index in [0.717, 1.165) is 24.5 Å². The summed E-state index contributed by atoms with van der Waals surface area (Å²) in [7, 11) is 1.67. The fraction of sp³-hybridized carbons (Fsp3) is 0.333. The van der Waals surface area contributed by atoms with Crippen LogP contribution in [0.15, 0.2) is 48.5 Å². The summed E-state index contributed by atoms with van der Waals surface area (Å²) in [6.45, 7) is 3.06. The van der Waals surface area contributed by atoms with Gasteiger partial charge in [-0.1, -0.05) is 31.2 Å². The molecule has 3 heteroatoms. The summed E-state index contributed by atoms with van der Waals surface area (Å²) in [5, 5.41) is 3.54. The first-order chi connectivity index (χ1) is 10.3. The lowest BCUT2D eigenvalue weighted by Gasteiger charge is -2.22. The van der Waals surface area contributed by atoms with Crippen LogP contribution >= 0.6 is 0 Å². The number of hydrogen-bond donors (Lipinski definition) is 1. The SMILES string of the molecule is CCNC1c2ccccc2CC1Oc1ccc(OC)cc1. The molecule has 0 aromatic heterocycles. The second-order valence-corrected chi connectivity index (χ2v) is 5.27. The van der Waals surface area contributed by atoms with Crippen LogP contribution in [0.2, 0.25) is 0 Å². The van der Waals surface area contributed by atoms with Crippen LogP contribution in [0.4, 0.5) is 0 Å². The van der Waals surface area contributed by atoms with E-state index in [1.807, 2.05) is 24.3 Å². The van der Waals surface area contributed by atoms with Crippen LogP contribution in [0.25, 0.3) is 0 Å². The summed E-state index contributed by atoms with van der Waals surface area (Å²) in [5.74, 6) is 1.73. The normalized spacial score (nSPS) is 20.1. The van der Waals surface area contributed by atoms with Gasteiger partial charge in [0.25, 0.3) is 0 Å².